The molecule has 1 aromatic carbocycles. The lowest BCUT2D eigenvalue weighted by atomic mass is 9.92. The van der Waals surface area contributed by atoms with E-state index in [0.29, 0.717) is 37.3 Å². The third kappa shape index (κ3) is 6.28. The minimum absolute atomic E-state index is 0.323. The van der Waals surface area contributed by atoms with E-state index < -0.39 is 12.0 Å². The second-order valence-electron chi connectivity index (χ2n) is 7.72. The summed E-state index contributed by atoms with van der Waals surface area (Å²) >= 11 is 1.75. The number of carbonyl (C=O) groups excluding carboxylic acids is 1. The van der Waals surface area contributed by atoms with Gasteiger partial charge in [-0.1, -0.05) is 24.3 Å². The van der Waals surface area contributed by atoms with Crippen molar-refractivity contribution in [3.8, 4) is 5.75 Å². The molecule has 0 radical (unpaired) electrons. The average molecular weight is 471 g/mol. The zero-order chi connectivity index (χ0) is 23.8. The highest BCUT2D eigenvalue weighted by Gasteiger charge is 2.35. The maximum absolute atomic E-state index is 12.6. The first kappa shape index (κ1) is 24.6. The molecule has 33 heavy (non-hydrogen) atoms. The summed E-state index contributed by atoms with van der Waals surface area (Å²) in [7, 11) is 0. The molecule has 7 nitrogen and oxygen atoms in total. The maximum Gasteiger partial charge on any atom is 0.331 e. The number of nitrogens with zero attached hydrogens (tertiary/aromatic N) is 2. The Kier molecular flexibility index (Phi) is 8.77. The van der Waals surface area contributed by atoms with E-state index in [-0.39, 0.29) is 5.91 Å². The third-order valence-electron chi connectivity index (χ3n) is 5.47. The molecule has 3 rings (SSSR count). The van der Waals surface area contributed by atoms with Crippen LogP contribution in [-0.2, 0) is 28.9 Å². The second kappa shape index (κ2) is 11.7. The lowest BCUT2D eigenvalue weighted by Crippen LogP contribution is -2.42. The average Bonchev–Trinajstić information content (AvgIpc) is 3.15. The summed E-state index contributed by atoms with van der Waals surface area (Å²) in [6.07, 6.45) is 10.6. The molecule has 0 aliphatic carbocycles. The lowest BCUT2D eigenvalue weighted by molar-refractivity contribution is -0.149. The molecule has 1 aliphatic rings. The molecule has 1 unspecified atom stereocenters. The summed E-state index contributed by atoms with van der Waals surface area (Å²) < 4.78 is 11.6. The topological polar surface area (TPSA) is 92.9 Å². The number of aryl methyl sites for hydroxylation is 2. The van der Waals surface area contributed by atoms with Crippen molar-refractivity contribution < 1.29 is 23.8 Å². The van der Waals surface area contributed by atoms with Crippen molar-refractivity contribution in [3.05, 3.63) is 71.0 Å². The van der Waals surface area contributed by atoms with Gasteiger partial charge in [-0.15, -0.1) is 0 Å². The quantitative estimate of drug-likeness (QED) is 0.412. The monoisotopic (exact) mass is 470 g/mol. The Labute approximate surface area is 198 Å². The number of allylic oxidation sites excluding steroid dienone is 3. The van der Waals surface area contributed by atoms with Gasteiger partial charge in [0, 0.05) is 31.2 Å². The number of aromatic nitrogens is 1. The number of carboxylic acid groups (broad SMARTS) is 1. The molecule has 0 spiro atoms. The summed E-state index contributed by atoms with van der Waals surface area (Å²) in [5, 5.41) is 9.89. The van der Waals surface area contributed by atoms with Crippen LogP contribution in [0.25, 0.3) is 0 Å². The van der Waals surface area contributed by atoms with Crippen molar-refractivity contribution in [1.82, 2.24) is 9.88 Å². The van der Waals surface area contributed by atoms with Crippen molar-refractivity contribution in [1.29, 1.82) is 0 Å². The zero-order valence-electron chi connectivity index (χ0n) is 19.2. The summed E-state index contributed by atoms with van der Waals surface area (Å²) in [5.74, 6) is 1.69. The summed E-state index contributed by atoms with van der Waals surface area (Å²) in [6, 6.07) is 4.43. The maximum atomic E-state index is 12.6. The minimum Gasteiger partial charge on any atom is -0.493 e. The van der Waals surface area contributed by atoms with Gasteiger partial charge in [0.05, 0.1) is 12.3 Å². The van der Waals surface area contributed by atoms with Gasteiger partial charge in [-0.3, -0.25) is 4.79 Å². The van der Waals surface area contributed by atoms with Gasteiger partial charge in [0.1, 0.15) is 11.5 Å². The lowest BCUT2D eigenvalue weighted by Gasteiger charge is -2.34. The number of oxazole rings is 1. The first-order valence-corrected chi connectivity index (χ1v) is 12.4. The van der Waals surface area contributed by atoms with Crippen molar-refractivity contribution in [2.24, 2.45) is 0 Å². The van der Waals surface area contributed by atoms with Crippen molar-refractivity contribution in [2.75, 3.05) is 25.2 Å². The van der Waals surface area contributed by atoms with E-state index >= 15 is 0 Å². The number of hydrogen-bond acceptors (Lipinski definition) is 6. The Morgan fingerprint density at radius 3 is 2.88 bits per heavy atom. The number of rotatable bonds is 10. The van der Waals surface area contributed by atoms with E-state index in [1.54, 1.807) is 36.1 Å². The van der Waals surface area contributed by atoms with Gasteiger partial charge >= 0.3 is 5.97 Å². The molecule has 0 bridgehead atoms. The normalized spacial score (nSPS) is 15.8. The van der Waals surface area contributed by atoms with Crippen LogP contribution >= 0.6 is 11.8 Å². The Balaban J connectivity index is 1.70. The second-order valence-corrected chi connectivity index (χ2v) is 8.71. The van der Waals surface area contributed by atoms with Crippen LogP contribution in [0.5, 0.6) is 5.75 Å². The number of carboxylic acids is 1. The Morgan fingerprint density at radius 1 is 1.33 bits per heavy atom. The SMILES string of the molecule is CC=CC=CC(=O)N1CCc2ccc(OCCc3nc(CCSC)oc3C)cc2C1C(=O)O. The number of carbonyl (C=O) groups is 2. The van der Waals surface area contributed by atoms with Gasteiger partial charge in [0.2, 0.25) is 5.91 Å². The molecule has 0 saturated carbocycles. The fourth-order valence-electron chi connectivity index (χ4n) is 3.81. The number of thioether (sulfide) groups is 1. The number of hydrogen-bond donors (Lipinski definition) is 1. The Morgan fingerprint density at radius 2 is 2.15 bits per heavy atom. The predicted octanol–water partition coefficient (Wildman–Crippen LogP) is 4.15. The molecule has 2 aromatic rings. The third-order valence-corrected chi connectivity index (χ3v) is 6.08. The highest BCUT2D eigenvalue weighted by Crippen LogP contribution is 2.33. The molecule has 1 aliphatic heterocycles. The van der Waals surface area contributed by atoms with Gasteiger partial charge in [0.15, 0.2) is 11.9 Å². The number of ether oxygens (including phenoxy) is 1. The van der Waals surface area contributed by atoms with Crippen LogP contribution in [0.1, 0.15) is 41.4 Å². The molecule has 1 N–H and O–H groups in total. The first-order valence-electron chi connectivity index (χ1n) is 11.0. The Bertz CT molecular complexity index is 1040. The van der Waals surface area contributed by atoms with Gasteiger partial charge < -0.3 is 19.2 Å². The molecule has 1 amide bonds. The summed E-state index contributed by atoms with van der Waals surface area (Å²) in [6.45, 7) is 4.49. The highest BCUT2D eigenvalue weighted by molar-refractivity contribution is 7.98. The predicted molar refractivity (Wildman–Crippen MR) is 129 cm³/mol. The van der Waals surface area contributed by atoms with Crippen molar-refractivity contribution in [3.63, 3.8) is 0 Å². The molecular formula is C25H30N2O5S. The zero-order valence-corrected chi connectivity index (χ0v) is 20.1. The van der Waals surface area contributed by atoms with E-state index in [4.69, 9.17) is 9.15 Å². The first-order chi connectivity index (χ1) is 15.9. The number of fused-ring (bicyclic) bond motifs is 1. The van der Waals surface area contributed by atoms with E-state index in [9.17, 15) is 14.7 Å². The number of benzene rings is 1. The van der Waals surface area contributed by atoms with Crippen LogP contribution in [0, 0.1) is 6.92 Å². The highest BCUT2D eigenvalue weighted by atomic mass is 32.2. The van der Waals surface area contributed by atoms with Crippen molar-refractivity contribution >= 4 is 23.6 Å². The van der Waals surface area contributed by atoms with Gasteiger partial charge in [-0.05, 0) is 49.8 Å². The van der Waals surface area contributed by atoms with Crippen LogP contribution in [0.2, 0.25) is 0 Å². The standard InChI is InChI=1S/C25H30N2O5S/c1-4-5-6-7-23(28)27-13-10-18-8-9-19(16-20(18)24(27)25(29)30)31-14-11-21-17(2)32-22(26-21)12-15-33-3/h4-9,16,24H,10-15H2,1-3H3,(H,29,30). The fourth-order valence-corrected chi connectivity index (χ4v) is 4.19. The molecule has 0 saturated heterocycles. The number of aliphatic carboxylic acids is 1. The number of amides is 1. The molecule has 1 aromatic heterocycles. The Hall–Kier alpha value is -3.00. The van der Waals surface area contributed by atoms with Crippen LogP contribution in [-0.4, -0.2) is 52.0 Å². The summed E-state index contributed by atoms with van der Waals surface area (Å²) in [5.41, 5.74) is 2.38. The van der Waals surface area contributed by atoms with Gasteiger partial charge in [-0.2, -0.15) is 11.8 Å². The van der Waals surface area contributed by atoms with Gasteiger partial charge in [0.25, 0.3) is 0 Å². The molecule has 1 atom stereocenters. The minimum atomic E-state index is -1.06. The van der Waals surface area contributed by atoms with Crippen LogP contribution in [0.15, 0.2) is 46.9 Å². The molecule has 8 heteroatoms. The van der Waals surface area contributed by atoms with E-state index in [1.807, 2.05) is 32.2 Å². The molecule has 176 valence electrons. The molecule has 2 heterocycles. The summed E-state index contributed by atoms with van der Waals surface area (Å²) in [4.78, 5) is 30.6. The molecular weight excluding hydrogens is 440 g/mol. The fraction of sp³-hybridized carbons (Fsp3) is 0.400. The molecule has 0 fully saturated rings. The van der Waals surface area contributed by atoms with E-state index in [2.05, 4.69) is 4.98 Å². The van der Waals surface area contributed by atoms with Crippen LogP contribution in [0.3, 0.4) is 0 Å². The smallest absolute Gasteiger partial charge is 0.331 e. The van der Waals surface area contributed by atoms with Crippen LogP contribution < -0.4 is 4.74 Å². The van der Waals surface area contributed by atoms with E-state index in [1.165, 1.54) is 11.0 Å². The van der Waals surface area contributed by atoms with Gasteiger partial charge in [-0.25, -0.2) is 9.78 Å². The van der Waals surface area contributed by atoms with E-state index in [0.717, 1.165) is 35.1 Å². The largest absolute Gasteiger partial charge is 0.493 e. The van der Waals surface area contributed by atoms with Crippen molar-refractivity contribution in [2.45, 2.75) is 39.2 Å². The van der Waals surface area contributed by atoms with Crippen LogP contribution in [0.4, 0.5) is 0 Å².